The van der Waals surface area contributed by atoms with Crippen LogP contribution in [0.4, 0.5) is 0 Å². The van der Waals surface area contributed by atoms with Gasteiger partial charge < -0.3 is 10.2 Å². The number of carbonyl (C=O) groups is 4. The van der Waals surface area contributed by atoms with E-state index in [0.29, 0.717) is 32.1 Å². The molecule has 1 saturated carbocycles. The molecule has 1 unspecified atom stereocenters. The SMILES string of the molecule is Cc1ccccc1C1(CC(=O)N2CCC(N3CCNC(=O)CC3)CC2)CC(=O)N(C2CCCC2)C1=O. The van der Waals surface area contributed by atoms with Gasteiger partial charge in [-0.25, -0.2) is 0 Å². The number of nitrogens with one attached hydrogen (secondary N) is 1. The van der Waals surface area contributed by atoms with Gasteiger partial charge in [0.2, 0.25) is 23.6 Å². The molecule has 0 aromatic heterocycles. The highest BCUT2D eigenvalue weighted by atomic mass is 16.2. The lowest BCUT2D eigenvalue weighted by Gasteiger charge is -2.39. The molecule has 5 rings (SSSR count). The molecule has 1 aromatic rings. The standard InChI is InChI=1S/C28H38N4O4/c1-20-6-2-5-9-23(20)28(19-26(35)32(27(28)36)22-7-3-4-8-22)18-25(34)31-14-10-21(11-15-31)30-16-12-24(33)29-13-17-30/h2,5-6,9,21-22H,3-4,7-8,10-19H2,1H3,(H,29,33). The number of benzene rings is 1. The Balaban J connectivity index is 1.32. The molecule has 8 heteroatoms. The largest absolute Gasteiger partial charge is 0.355 e. The molecule has 3 saturated heterocycles. The molecule has 4 fully saturated rings. The number of aryl methyl sites for hydroxylation is 1. The van der Waals surface area contributed by atoms with Crippen LogP contribution in [-0.2, 0) is 24.6 Å². The van der Waals surface area contributed by atoms with Crippen molar-refractivity contribution in [2.24, 2.45) is 0 Å². The molecule has 0 radical (unpaired) electrons. The van der Waals surface area contributed by atoms with Gasteiger partial charge in [-0.15, -0.1) is 0 Å². The number of nitrogens with zero attached hydrogens (tertiary/aromatic N) is 3. The molecule has 36 heavy (non-hydrogen) atoms. The number of carbonyl (C=O) groups excluding carboxylic acids is 4. The van der Waals surface area contributed by atoms with Crippen molar-refractivity contribution >= 4 is 23.6 Å². The highest BCUT2D eigenvalue weighted by Gasteiger charge is 2.56. The van der Waals surface area contributed by atoms with Crippen molar-refractivity contribution in [3.63, 3.8) is 0 Å². The second-order valence-electron chi connectivity index (χ2n) is 11.0. The van der Waals surface area contributed by atoms with Crippen LogP contribution in [0.5, 0.6) is 0 Å². The highest BCUT2D eigenvalue weighted by Crippen LogP contribution is 2.44. The lowest BCUT2D eigenvalue weighted by atomic mass is 9.73. The van der Waals surface area contributed by atoms with E-state index in [9.17, 15) is 19.2 Å². The zero-order chi connectivity index (χ0) is 25.3. The molecule has 194 valence electrons. The molecule has 1 aliphatic carbocycles. The topological polar surface area (TPSA) is 90.0 Å². The number of hydrogen-bond acceptors (Lipinski definition) is 5. The summed E-state index contributed by atoms with van der Waals surface area (Å²) in [6, 6.07) is 8.05. The summed E-state index contributed by atoms with van der Waals surface area (Å²) in [6.45, 7) is 5.51. The van der Waals surface area contributed by atoms with E-state index >= 15 is 0 Å². The van der Waals surface area contributed by atoms with Crippen LogP contribution in [0, 0.1) is 6.92 Å². The maximum atomic E-state index is 14.0. The fraction of sp³-hybridized carbons (Fsp3) is 0.643. The highest BCUT2D eigenvalue weighted by molar-refractivity contribution is 6.11. The quantitative estimate of drug-likeness (QED) is 0.634. The first-order chi connectivity index (χ1) is 17.4. The van der Waals surface area contributed by atoms with Gasteiger partial charge in [-0.3, -0.25) is 29.0 Å². The summed E-state index contributed by atoms with van der Waals surface area (Å²) in [5.41, 5.74) is 0.645. The predicted molar refractivity (Wildman–Crippen MR) is 135 cm³/mol. The minimum Gasteiger partial charge on any atom is -0.355 e. The van der Waals surface area contributed by atoms with E-state index in [2.05, 4.69) is 10.2 Å². The van der Waals surface area contributed by atoms with Crippen LogP contribution in [0.25, 0.3) is 0 Å². The van der Waals surface area contributed by atoms with Crippen molar-refractivity contribution in [2.75, 3.05) is 32.7 Å². The maximum Gasteiger partial charge on any atom is 0.241 e. The first-order valence-electron chi connectivity index (χ1n) is 13.6. The maximum absolute atomic E-state index is 14.0. The molecule has 4 aliphatic rings. The van der Waals surface area contributed by atoms with E-state index in [0.717, 1.165) is 62.7 Å². The summed E-state index contributed by atoms with van der Waals surface area (Å²) in [4.78, 5) is 58.4. The lowest BCUT2D eigenvalue weighted by Crippen LogP contribution is -2.50. The smallest absolute Gasteiger partial charge is 0.241 e. The van der Waals surface area contributed by atoms with Crippen LogP contribution in [0.1, 0.15) is 68.9 Å². The van der Waals surface area contributed by atoms with Gasteiger partial charge in [0.1, 0.15) is 0 Å². The number of likely N-dealkylation sites (tertiary alicyclic amines) is 2. The average molecular weight is 495 g/mol. The Bertz CT molecular complexity index is 1030. The Morgan fingerprint density at radius 3 is 2.42 bits per heavy atom. The van der Waals surface area contributed by atoms with E-state index in [1.807, 2.05) is 36.1 Å². The van der Waals surface area contributed by atoms with Gasteiger partial charge in [-0.05, 0) is 43.7 Å². The molecule has 1 atom stereocenters. The third-order valence-electron chi connectivity index (χ3n) is 8.83. The van der Waals surface area contributed by atoms with Gasteiger partial charge in [0.25, 0.3) is 0 Å². The summed E-state index contributed by atoms with van der Waals surface area (Å²) in [5.74, 6) is -0.252. The summed E-state index contributed by atoms with van der Waals surface area (Å²) in [7, 11) is 0. The molecule has 0 spiro atoms. The summed E-state index contributed by atoms with van der Waals surface area (Å²) in [5, 5.41) is 2.93. The van der Waals surface area contributed by atoms with Crippen molar-refractivity contribution in [2.45, 2.75) is 82.2 Å². The van der Waals surface area contributed by atoms with E-state index in [-0.39, 0.29) is 42.5 Å². The first kappa shape index (κ1) is 24.9. The van der Waals surface area contributed by atoms with Crippen molar-refractivity contribution in [3.05, 3.63) is 35.4 Å². The van der Waals surface area contributed by atoms with Gasteiger partial charge in [0.05, 0.1) is 5.41 Å². The van der Waals surface area contributed by atoms with Crippen LogP contribution in [0.2, 0.25) is 0 Å². The fourth-order valence-corrected chi connectivity index (χ4v) is 6.85. The van der Waals surface area contributed by atoms with E-state index in [1.165, 1.54) is 4.90 Å². The summed E-state index contributed by atoms with van der Waals surface area (Å²) < 4.78 is 0. The van der Waals surface area contributed by atoms with E-state index in [4.69, 9.17) is 0 Å². The molecule has 1 aromatic carbocycles. The van der Waals surface area contributed by atoms with Crippen molar-refractivity contribution < 1.29 is 19.2 Å². The summed E-state index contributed by atoms with van der Waals surface area (Å²) >= 11 is 0. The third-order valence-corrected chi connectivity index (χ3v) is 8.83. The number of imide groups is 1. The van der Waals surface area contributed by atoms with Gasteiger partial charge in [-0.1, -0.05) is 37.1 Å². The van der Waals surface area contributed by atoms with E-state index in [1.54, 1.807) is 0 Å². The molecule has 8 nitrogen and oxygen atoms in total. The Morgan fingerprint density at radius 1 is 0.972 bits per heavy atom. The monoisotopic (exact) mass is 494 g/mol. The minimum atomic E-state index is -1.12. The molecule has 0 bridgehead atoms. The van der Waals surface area contributed by atoms with Crippen molar-refractivity contribution in [1.82, 2.24) is 20.0 Å². The second-order valence-corrected chi connectivity index (χ2v) is 11.0. The van der Waals surface area contributed by atoms with Crippen LogP contribution in [-0.4, -0.2) is 83.1 Å². The van der Waals surface area contributed by atoms with Gasteiger partial charge in [0.15, 0.2) is 0 Å². The molecule has 1 N–H and O–H groups in total. The zero-order valence-electron chi connectivity index (χ0n) is 21.3. The minimum absolute atomic E-state index is 0.0308. The molecular weight excluding hydrogens is 456 g/mol. The van der Waals surface area contributed by atoms with Crippen LogP contribution in [0.15, 0.2) is 24.3 Å². The van der Waals surface area contributed by atoms with Crippen LogP contribution >= 0.6 is 0 Å². The zero-order valence-corrected chi connectivity index (χ0v) is 21.3. The fourth-order valence-electron chi connectivity index (χ4n) is 6.85. The van der Waals surface area contributed by atoms with E-state index < -0.39 is 5.41 Å². The van der Waals surface area contributed by atoms with Crippen molar-refractivity contribution in [3.8, 4) is 0 Å². The van der Waals surface area contributed by atoms with Gasteiger partial charge in [-0.2, -0.15) is 0 Å². The van der Waals surface area contributed by atoms with Crippen LogP contribution in [0.3, 0.4) is 0 Å². The third kappa shape index (κ3) is 4.67. The number of rotatable bonds is 5. The number of amides is 4. The predicted octanol–water partition coefficient (Wildman–Crippen LogP) is 2.14. The average Bonchev–Trinajstić information content (AvgIpc) is 3.40. The Morgan fingerprint density at radius 2 is 1.69 bits per heavy atom. The molecule has 3 heterocycles. The lowest BCUT2D eigenvalue weighted by molar-refractivity contribution is -0.145. The molecular formula is C28H38N4O4. The van der Waals surface area contributed by atoms with Gasteiger partial charge in [0, 0.05) is 64.1 Å². The van der Waals surface area contributed by atoms with Crippen molar-refractivity contribution in [1.29, 1.82) is 0 Å². The molecule has 3 aliphatic heterocycles. The second kappa shape index (κ2) is 10.3. The summed E-state index contributed by atoms with van der Waals surface area (Å²) in [6.07, 6.45) is 6.15. The van der Waals surface area contributed by atoms with Gasteiger partial charge >= 0.3 is 0 Å². The Hall–Kier alpha value is -2.74. The first-order valence-corrected chi connectivity index (χ1v) is 13.6. The number of hydrogen-bond donors (Lipinski definition) is 1. The number of piperidine rings is 1. The Labute approximate surface area is 213 Å². The van der Waals surface area contributed by atoms with Crippen LogP contribution < -0.4 is 5.32 Å². The Kier molecular flexibility index (Phi) is 7.15. The normalized spacial score (nSPS) is 27.0. The molecule has 4 amide bonds.